The van der Waals surface area contributed by atoms with Crippen molar-refractivity contribution in [2.45, 2.75) is 18.4 Å². The summed E-state index contributed by atoms with van der Waals surface area (Å²) in [7, 11) is 0. The van der Waals surface area contributed by atoms with Crippen LogP contribution in [0.1, 0.15) is 18.4 Å². The highest BCUT2D eigenvalue weighted by molar-refractivity contribution is 6.09. The molecule has 84 valence electrons. The highest BCUT2D eigenvalue weighted by Crippen LogP contribution is 2.48. The number of aliphatic imine (C=N–C) groups is 1. The Kier molecular flexibility index (Phi) is 1.55. The Labute approximate surface area is 99.3 Å². The van der Waals surface area contributed by atoms with Gasteiger partial charge in [0.25, 0.3) is 0 Å². The van der Waals surface area contributed by atoms with Crippen molar-refractivity contribution in [3.8, 4) is 0 Å². The third kappa shape index (κ3) is 1.17. The van der Waals surface area contributed by atoms with Gasteiger partial charge >= 0.3 is 0 Å². The highest BCUT2D eigenvalue weighted by atomic mass is 15.0. The van der Waals surface area contributed by atoms with E-state index in [0.29, 0.717) is 0 Å². The molecule has 1 aliphatic heterocycles. The second-order valence-corrected chi connectivity index (χ2v) is 4.92. The number of rotatable bonds is 1. The zero-order valence-corrected chi connectivity index (χ0v) is 9.40. The van der Waals surface area contributed by atoms with Gasteiger partial charge in [0.2, 0.25) is 0 Å². The van der Waals surface area contributed by atoms with Crippen molar-refractivity contribution in [1.29, 1.82) is 0 Å². The number of nitrogens with one attached hydrogen (secondary N) is 1. The van der Waals surface area contributed by atoms with Gasteiger partial charge in [0.15, 0.2) is 0 Å². The number of nitrogens with zero attached hydrogens (tertiary/aromatic N) is 1. The number of anilines is 1. The maximum atomic E-state index is 6.33. The standard InChI is InChI=1S/C14H13N3/c15-14(6-7-14)10-4-5-12-13-9(10)2-1-3-11(13)16-8-17-12/h1-5,8H,6-7,15H2,(H,16,17). The van der Waals surface area contributed by atoms with Crippen molar-refractivity contribution in [3.05, 3.63) is 35.9 Å². The fourth-order valence-electron chi connectivity index (χ4n) is 2.63. The van der Waals surface area contributed by atoms with Gasteiger partial charge in [0.05, 0.1) is 12.0 Å². The first kappa shape index (κ1) is 9.19. The predicted molar refractivity (Wildman–Crippen MR) is 70.8 cm³/mol. The molecule has 3 nitrogen and oxygen atoms in total. The van der Waals surface area contributed by atoms with Crippen molar-refractivity contribution in [2.75, 3.05) is 5.32 Å². The summed E-state index contributed by atoms with van der Waals surface area (Å²) in [4.78, 5) is 4.38. The molecule has 3 heteroatoms. The zero-order chi connectivity index (χ0) is 11.5. The van der Waals surface area contributed by atoms with Gasteiger partial charge in [-0.2, -0.15) is 0 Å². The van der Waals surface area contributed by atoms with E-state index in [4.69, 9.17) is 5.73 Å². The van der Waals surface area contributed by atoms with Crippen LogP contribution in [0.25, 0.3) is 10.8 Å². The Morgan fingerprint density at radius 2 is 2.06 bits per heavy atom. The van der Waals surface area contributed by atoms with Gasteiger partial charge in [-0.25, -0.2) is 4.99 Å². The van der Waals surface area contributed by atoms with Crippen molar-refractivity contribution in [1.82, 2.24) is 0 Å². The molecule has 1 heterocycles. The first-order valence-corrected chi connectivity index (χ1v) is 5.92. The lowest BCUT2D eigenvalue weighted by Gasteiger charge is -2.18. The molecule has 2 aliphatic rings. The maximum absolute atomic E-state index is 6.33. The van der Waals surface area contributed by atoms with Crippen molar-refractivity contribution >= 4 is 28.5 Å². The third-order valence-corrected chi connectivity index (χ3v) is 3.77. The lowest BCUT2D eigenvalue weighted by Crippen LogP contribution is -2.19. The van der Waals surface area contributed by atoms with Crippen LogP contribution in [0, 0.1) is 0 Å². The third-order valence-electron chi connectivity index (χ3n) is 3.77. The van der Waals surface area contributed by atoms with Gasteiger partial charge in [-0.05, 0) is 35.9 Å². The zero-order valence-electron chi connectivity index (χ0n) is 9.40. The summed E-state index contributed by atoms with van der Waals surface area (Å²) in [5.41, 5.74) is 9.65. The first-order valence-electron chi connectivity index (χ1n) is 5.92. The molecule has 0 spiro atoms. The van der Waals surface area contributed by atoms with Crippen LogP contribution in [0.2, 0.25) is 0 Å². The van der Waals surface area contributed by atoms with Gasteiger partial charge in [0.1, 0.15) is 0 Å². The molecule has 1 fully saturated rings. The van der Waals surface area contributed by atoms with Crippen LogP contribution < -0.4 is 11.1 Å². The largest absolute Gasteiger partial charge is 0.346 e. The molecule has 2 aromatic carbocycles. The number of benzene rings is 2. The summed E-state index contributed by atoms with van der Waals surface area (Å²) in [5.74, 6) is 0. The lowest BCUT2D eigenvalue weighted by molar-refractivity contribution is 0.748. The van der Waals surface area contributed by atoms with Crippen LogP contribution >= 0.6 is 0 Å². The van der Waals surface area contributed by atoms with Crippen molar-refractivity contribution in [2.24, 2.45) is 10.7 Å². The molecule has 0 atom stereocenters. The van der Waals surface area contributed by atoms with Gasteiger partial charge in [0, 0.05) is 16.6 Å². The molecule has 1 aliphatic carbocycles. The average molecular weight is 223 g/mol. The average Bonchev–Trinajstić information content (AvgIpc) is 3.09. The van der Waals surface area contributed by atoms with Crippen LogP contribution in [0.3, 0.4) is 0 Å². The molecule has 0 bridgehead atoms. The first-order chi connectivity index (χ1) is 8.28. The molecule has 17 heavy (non-hydrogen) atoms. The van der Waals surface area contributed by atoms with E-state index < -0.39 is 0 Å². The quantitative estimate of drug-likeness (QED) is 0.781. The van der Waals surface area contributed by atoms with E-state index in [1.807, 2.05) is 0 Å². The van der Waals surface area contributed by atoms with Gasteiger partial charge in [-0.3, -0.25) is 0 Å². The fraction of sp³-hybridized carbons (Fsp3) is 0.214. The minimum Gasteiger partial charge on any atom is -0.346 e. The van der Waals surface area contributed by atoms with E-state index in [-0.39, 0.29) is 5.54 Å². The SMILES string of the molecule is NC1(c2ccc3c4c(cccc24)NC=N3)CC1. The van der Waals surface area contributed by atoms with E-state index >= 15 is 0 Å². The van der Waals surface area contributed by atoms with Crippen LogP contribution in [0.5, 0.6) is 0 Å². The molecule has 4 rings (SSSR count). The summed E-state index contributed by atoms with van der Waals surface area (Å²) in [5, 5.41) is 5.63. The summed E-state index contributed by atoms with van der Waals surface area (Å²) in [6.07, 6.45) is 3.91. The van der Waals surface area contributed by atoms with Crippen LogP contribution in [-0.4, -0.2) is 6.34 Å². The van der Waals surface area contributed by atoms with E-state index in [9.17, 15) is 0 Å². The van der Waals surface area contributed by atoms with Crippen LogP contribution in [0.15, 0.2) is 35.3 Å². The second-order valence-electron chi connectivity index (χ2n) is 4.92. The molecule has 0 unspecified atom stereocenters. The van der Waals surface area contributed by atoms with E-state index in [1.165, 1.54) is 16.3 Å². The van der Waals surface area contributed by atoms with E-state index in [2.05, 4.69) is 40.6 Å². The molecule has 0 amide bonds. The monoisotopic (exact) mass is 223 g/mol. The smallest absolute Gasteiger partial charge is 0.0930 e. The Morgan fingerprint density at radius 3 is 2.88 bits per heavy atom. The number of hydrogen-bond donors (Lipinski definition) is 2. The van der Waals surface area contributed by atoms with Gasteiger partial charge in [-0.15, -0.1) is 0 Å². The normalized spacial score (nSPS) is 19.1. The Hall–Kier alpha value is -1.87. The molecule has 0 radical (unpaired) electrons. The van der Waals surface area contributed by atoms with Crippen LogP contribution in [0.4, 0.5) is 11.4 Å². The lowest BCUT2D eigenvalue weighted by atomic mass is 9.95. The predicted octanol–water partition coefficient (Wildman–Crippen LogP) is 2.87. The maximum Gasteiger partial charge on any atom is 0.0930 e. The minimum atomic E-state index is -0.0989. The Bertz CT molecular complexity index is 654. The van der Waals surface area contributed by atoms with Gasteiger partial charge in [-0.1, -0.05) is 18.2 Å². The summed E-state index contributed by atoms with van der Waals surface area (Å²) >= 11 is 0. The molecule has 1 saturated carbocycles. The molecule has 0 aromatic heterocycles. The summed E-state index contributed by atoms with van der Waals surface area (Å²) in [6, 6.07) is 10.5. The van der Waals surface area contributed by atoms with E-state index in [1.54, 1.807) is 6.34 Å². The Morgan fingerprint density at radius 1 is 1.18 bits per heavy atom. The number of hydrogen-bond acceptors (Lipinski definition) is 3. The summed E-state index contributed by atoms with van der Waals surface area (Å²) < 4.78 is 0. The molecular weight excluding hydrogens is 210 g/mol. The van der Waals surface area contributed by atoms with Crippen molar-refractivity contribution in [3.63, 3.8) is 0 Å². The Balaban J connectivity index is 2.13. The van der Waals surface area contributed by atoms with Crippen LogP contribution in [-0.2, 0) is 5.54 Å². The molecule has 0 saturated heterocycles. The fourth-order valence-corrected chi connectivity index (χ4v) is 2.63. The summed E-state index contributed by atoms with van der Waals surface area (Å²) in [6.45, 7) is 0. The number of nitrogens with two attached hydrogens (primary N) is 1. The molecular formula is C14H13N3. The molecule has 3 N–H and O–H groups in total. The highest BCUT2D eigenvalue weighted by Gasteiger charge is 2.41. The van der Waals surface area contributed by atoms with E-state index in [0.717, 1.165) is 24.2 Å². The minimum absolute atomic E-state index is 0.0989. The van der Waals surface area contributed by atoms with Crippen molar-refractivity contribution < 1.29 is 0 Å². The van der Waals surface area contributed by atoms with Gasteiger partial charge < -0.3 is 11.1 Å². The molecule has 2 aromatic rings. The second kappa shape index (κ2) is 2.87. The topological polar surface area (TPSA) is 50.4 Å².